The Morgan fingerprint density at radius 2 is 1.62 bits per heavy atom. The van der Waals surface area contributed by atoms with Gasteiger partial charge in [0.05, 0.1) is 46.2 Å². The van der Waals surface area contributed by atoms with Crippen LogP contribution < -0.4 is 0 Å². The van der Waals surface area contributed by atoms with Gasteiger partial charge in [0.1, 0.15) is 6.61 Å². The molecule has 142 valence electrons. The van der Waals surface area contributed by atoms with Crippen molar-refractivity contribution in [2.75, 3.05) is 58.6 Å². The summed E-state index contributed by atoms with van der Waals surface area (Å²) in [6, 6.07) is 0. The SMILES string of the molecule is O=C(CCCC[C@H]1CCSS1)OCCOCCOCCOCCO. The molecule has 0 aromatic heterocycles. The van der Waals surface area contributed by atoms with Crippen molar-refractivity contribution in [1.82, 2.24) is 0 Å². The molecule has 0 radical (unpaired) electrons. The van der Waals surface area contributed by atoms with Gasteiger partial charge in [-0.2, -0.15) is 0 Å². The van der Waals surface area contributed by atoms with Crippen LogP contribution in [0.2, 0.25) is 0 Å². The van der Waals surface area contributed by atoms with Gasteiger partial charge in [0, 0.05) is 17.4 Å². The second-order valence-electron chi connectivity index (χ2n) is 5.36. The molecule has 8 heteroatoms. The summed E-state index contributed by atoms with van der Waals surface area (Å²) >= 11 is 0. The van der Waals surface area contributed by atoms with Crippen molar-refractivity contribution in [3.8, 4) is 0 Å². The van der Waals surface area contributed by atoms with Crippen LogP contribution in [-0.4, -0.2) is 74.9 Å². The molecule has 1 aliphatic rings. The molecule has 1 atom stereocenters. The Balaban J connectivity index is 1.74. The van der Waals surface area contributed by atoms with Crippen molar-refractivity contribution in [3.05, 3.63) is 0 Å². The van der Waals surface area contributed by atoms with Gasteiger partial charge in [-0.25, -0.2) is 0 Å². The minimum atomic E-state index is -0.135. The number of aliphatic hydroxyl groups excluding tert-OH is 1. The van der Waals surface area contributed by atoms with E-state index >= 15 is 0 Å². The lowest BCUT2D eigenvalue weighted by molar-refractivity contribution is -0.145. The Bertz CT molecular complexity index is 300. The zero-order valence-corrected chi connectivity index (χ0v) is 15.9. The summed E-state index contributed by atoms with van der Waals surface area (Å²) in [7, 11) is 3.95. The maximum atomic E-state index is 11.6. The summed E-state index contributed by atoms with van der Waals surface area (Å²) in [6.07, 6.45) is 5.02. The quantitative estimate of drug-likeness (QED) is 0.248. The van der Waals surface area contributed by atoms with Gasteiger partial charge in [-0.1, -0.05) is 28.0 Å². The third-order valence-electron chi connectivity index (χ3n) is 3.35. The highest BCUT2D eigenvalue weighted by atomic mass is 33.1. The number of carbonyl (C=O) groups excluding carboxylic acids is 1. The Morgan fingerprint density at radius 3 is 2.25 bits per heavy atom. The van der Waals surface area contributed by atoms with Crippen LogP contribution in [0, 0.1) is 0 Å². The third kappa shape index (κ3) is 13.3. The molecule has 1 N–H and O–H groups in total. The highest BCUT2D eigenvalue weighted by Gasteiger charge is 2.15. The molecular weight excluding hydrogens is 352 g/mol. The van der Waals surface area contributed by atoms with E-state index in [-0.39, 0.29) is 12.6 Å². The fourth-order valence-electron chi connectivity index (χ4n) is 2.10. The van der Waals surface area contributed by atoms with Crippen molar-refractivity contribution < 1.29 is 28.8 Å². The molecule has 0 amide bonds. The average molecular weight is 383 g/mol. The largest absolute Gasteiger partial charge is 0.463 e. The van der Waals surface area contributed by atoms with Crippen LogP contribution in [-0.2, 0) is 23.7 Å². The summed E-state index contributed by atoms with van der Waals surface area (Å²) in [6.45, 7) is 2.96. The number of rotatable bonds is 16. The molecule has 0 unspecified atom stereocenters. The first-order valence-corrected chi connectivity index (χ1v) is 11.0. The van der Waals surface area contributed by atoms with E-state index in [2.05, 4.69) is 0 Å². The predicted molar refractivity (Wildman–Crippen MR) is 97.4 cm³/mol. The number of hydrogen-bond donors (Lipinski definition) is 1. The molecule has 0 bridgehead atoms. The van der Waals surface area contributed by atoms with Gasteiger partial charge in [0.25, 0.3) is 0 Å². The molecule has 1 aliphatic heterocycles. The van der Waals surface area contributed by atoms with Gasteiger partial charge in [-0.15, -0.1) is 0 Å². The zero-order chi connectivity index (χ0) is 17.3. The van der Waals surface area contributed by atoms with Crippen molar-refractivity contribution >= 4 is 27.6 Å². The molecule has 0 saturated carbocycles. The lowest BCUT2D eigenvalue weighted by Gasteiger charge is -2.08. The molecule has 1 saturated heterocycles. The maximum absolute atomic E-state index is 11.6. The van der Waals surface area contributed by atoms with Crippen molar-refractivity contribution in [3.63, 3.8) is 0 Å². The van der Waals surface area contributed by atoms with E-state index < -0.39 is 0 Å². The fraction of sp³-hybridized carbons (Fsp3) is 0.938. The molecule has 6 nitrogen and oxygen atoms in total. The number of unbranched alkanes of at least 4 members (excludes halogenated alkanes) is 1. The molecule has 0 aromatic carbocycles. The minimum Gasteiger partial charge on any atom is -0.463 e. The molecule has 0 aromatic rings. The summed E-state index contributed by atoms with van der Waals surface area (Å²) in [5.74, 6) is 1.13. The van der Waals surface area contributed by atoms with E-state index in [1.807, 2.05) is 21.6 Å². The van der Waals surface area contributed by atoms with E-state index in [1.165, 1.54) is 18.6 Å². The van der Waals surface area contributed by atoms with Gasteiger partial charge in [-0.3, -0.25) is 4.79 Å². The predicted octanol–water partition coefficient (Wildman–Crippen LogP) is 2.29. The average Bonchev–Trinajstić information content (AvgIpc) is 3.10. The van der Waals surface area contributed by atoms with Crippen LogP contribution in [0.25, 0.3) is 0 Å². The molecule has 1 heterocycles. The van der Waals surface area contributed by atoms with Gasteiger partial charge in [0.15, 0.2) is 0 Å². The van der Waals surface area contributed by atoms with Gasteiger partial charge < -0.3 is 24.1 Å². The van der Waals surface area contributed by atoms with Crippen LogP contribution in [0.3, 0.4) is 0 Å². The monoisotopic (exact) mass is 382 g/mol. The van der Waals surface area contributed by atoms with Crippen LogP contribution in [0.15, 0.2) is 0 Å². The highest BCUT2D eigenvalue weighted by molar-refractivity contribution is 8.77. The standard InChI is InChI=1S/C16H30O6S2/c17-6-7-19-8-9-20-10-11-21-12-13-22-16(18)4-2-1-3-15-5-14-23-24-15/h15,17H,1-14H2/t15-/m0/s1. The summed E-state index contributed by atoms with van der Waals surface area (Å²) in [5, 5.41) is 9.29. The van der Waals surface area contributed by atoms with Crippen molar-refractivity contribution in [1.29, 1.82) is 0 Å². The first kappa shape index (κ1) is 22.1. The summed E-state index contributed by atoms with van der Waals surface area (Å²) < 4.78 is 20.8. The molecule has 1 fully saturated rings. The van der Waals surface area contributed by atoms with E-state index in [0.29, 0.717) is 52.7 Å². The first-order valence-electron chi connectivity index (χ1n) is 8.61. The lowest BCUT2D eigenvalue weighted by atomic mass is 10.1. The van der Waals surface area contributed by atoms with E-state index in [1.54, 1.807) is 0 Å². The van der Waals surface area contributed by atoms with E-state index in [9.17, 15) is 4.79 Å². The third-order valence-corrected chi connectivity index (χ3v) is 6.36. The number of ether oxygens (including phenoxy) is 4. The van der Waals surface area contributed by atoms with Gasteiger partial charge in [-0.05, 0) is 19.3 Å². The molecule has 1 rings (SSSR count). The highest BCUT2D eigenvalue weighted by Crippen LogP contribution is 2.39. The Labute approximate surface area is 152 Å². The fourth-order valence-corrected chi connectivity index (χ4v) is 5.13. The van der Waals surface area contributed by atoms with Gasteiger partial charge >= 0.3 is 5.97 Å². The second kappa shape index (κ2) is 16.5. The number of carbonyl (C=O) groups is 1. The number of aliphatic hydroxyl groups is 1. The molecule has 0 spiro atoms. The normalized spacial score (nSPS) is 17.3. The summed E-state index contributed by atoms with van der Waals surface area (Å²) in [4.78, 5) is 11.6. The maximum Gasteiger partial charge on any atom is 0.305 e. The topological polar surface area (TPSA) is 74.2 Å². The van der Waals surface area contributed by atoms with Crippen LogP contribution in [0.5, 0.6) is 0 Å². The first-order chi connectivity index (χ1) is 11.8. The number of hydrogen-bond acceptors (Lipinski definition) is 8. The lowest BCUT2D eigenvalue weighted by Crippen LogP contribution is -2.14. The smallest absolute Gasteiger partial charge is 0.305 e. The van der Waals surface area contributed by atoms with Crippen molar-refractivity contribution in [2.45, 2.75) is 37.4 Å². The van der Waals surface area contributed by atoms with Gasteiger partial charge in [0.2, 0.25) is 0 Å². The summed E-state index contributed by atoms with van der Waals surface area (Å²) in [5.41, 5.74) is 0. The molecular formula is C16H30O6S2. The Morgan fingerprint density at radius 1 is 0.958 bits per heavy atom. The molecule has 0 aliphatic carbocycles. The zero-order valence-electron chi connectivity index (χ0n) is 14.3. The minimum absolute atomic E-state index is 0.0284. The van der Waals surface area contributed by atoms with Crippen LogP contribution in [0.4, 0.5) is 0 Å². The van der Waals surface area contributed by atoms with E-state index in [0.717, 1.165) is 18.1 Å². The Kier molecular flexibility index (Phi) is 15.1. The Hall–Kier alpha value is 0.01000. The van der Waals surface area contributed by atoms with Crippen LogP contribution >= 0.6 is 21.6 Å². The van der Waals surface area contributed by atoms with Crippen LogP contribution in [0.1, 0.15) is 32.1 Å². The van der Waals surface area contributed by atoms with Crippen molar-refractivity contribution in [2.24, 2.45) is 0 Å². The second-order valence-corrected chi connectivity index (χ2v) is 8.14. The number of esters is 1. The molecule has 24 heavy (non-hydrogen) atoms. The van der Waals surface area contributed by atoms with E-state index in [4.69, 9.17) is 24.1 Å².